The molecule has 0 amide bonds. The normalized spacial score (nSPS) is 12.1. The Bertz CT molecular complexity index is 3010. The molecule has 0 radical (unpaired) electrons. The molecule has 0 fully saturated rings. The van der Waals surface area contributed by atoms with E-state index >= 15 is 0 Å². The molecule has 246 valence electrons. The van der Waals surface area contributed by atoms with Gasteiger partial charge >= 0.3 is 0 Å². The number of rotatable bonds is 6. The zero-order valence-electron chi connectivity index (χ0n) is 28.5. The topological polar surface area (TPSA) is 17.8 Å². The van der Waals surface area contributed by atoms with Crippen molar-refractivity contribution >= 4 is 86.4 Å². The molecule has 2 nitrogen and oxygen atoms in total. The minimum absolute atomic E-state index is 1.04. The molecule has 7 aromatic carbocycles. The van der Waals surface area contributed by atoms with Gasteiger partial charge in [0.25, 0.3) is 0 Å². The predicted octanol–water partition coefficient (Wildman–Crippen LogP) is 14.1. The third kappa shape index (κ3) is 4.87. The Kier molecular flexibility index (Phi) is 7.27. The summed E-state index contributed by atoms with van der Waals surface area (Å²) in [5.74, 6) is 0. The van der Waals surface area contributed by atoms with Crippen LogP contribution >= 0.6 is 22.7 Å². The predicted molar refractivity (Wildman–Crippen MR) is 227 cm³/mol. The number of hydrogen-bond donors (Lipinski definition) is 0. The molecule has 0 aliphatic heterocycles. The van der Waals surface area contributed by atoms with E-state index < -0.39 is 0 Å². The van der Waals surface area contributed by atoms with Crippen molar-refractivity contribution in [3.63, 3.8) is 0 Å². The number of allylic oxidation sites excluding steroid dienone is 2. The van der Waals surface area contributed by atoms with E-state index in [4.69, 9.17) is 4.98 Å². The summed E-state index contributed by atoms with van der Waals surface area (Å²) in [4.78, 5) is 5.14. The molecule has 10 rings (SSSR count). The van der Waals surface area contributed by atoms with Gasteiger partial charge in [0.15, 0.2) is 0 Å². The van der Waals surface area contributed by atoms with Crippen molar-refractivity contribution < 1.29 is 0 Å². The van der Waals surface area contributed by atoms with E-state index in [1.807, 2.05) is 17.4 Å². The monoisotopic (exact) mass is 700 g/mol. The van der Waals surface area contributed by atoms with Gasteiger partial charge in [0.2, 0.25) is 0 Å². The summed E-state index contributed by atoms with van der Waals surface area (Å²) in [5.41, 5.74) is 11.6. The summed E-state index contributed by atoms with van der Waals surface area (Å²) in [7, 11) is 0. The van der Waals surface area contributed by atoms with Crippen LogP contribution in [0.2, 0.25) is 0 Å². The zero-order chi connectivity index (χ0) is 34.8. The Morgan fingerprint density at radius 1 is 0.635 bits per heavy atom. The van der Waals surface area contributed by atoms with E-state index in [1.165, 1.54) is 68.9 Å². The lowest BCUT2D eigenvalue weighted by Gasteiger charge is -2.13. The maximum atomic E-state index is 5.14. The van der Waals surface area contributed by atoms with Crippen molar-refractivity contribution in [3.05, 3.63) is 181 Å². The number of aromatic nitrogens is 2. The smallest absolute Gasteiger partial charge is 0.124 e. The van der Waals surface area contributed by atoms with E-state index in [2.05, 4.69) is 176 Å². The van der Waals surface area contributed by atoms with Gasteiger partial charge in [-0.3, -0.25) is 0 Å². The van der Waals surface area contributed by atoms with Crippen molar-refractivity contribution in [2.75, 3.05) is 0 Å². The average Bonchev–Trinajstić information content (AvgIpc) is 3.89. The van der Waals surface area contributed by atoms with Crippen LogP contribution in [0, 0.1) is 6.92 Å². The van der Waals surface area contributed by atoms with Crippen molar-refractivity contribution in [1.82, 2.24) is 9.55 Å². The number of hydrogen-bond acceptors (Lipinski definition) is 3. The van der Waals surface area contributed by atoms with Crippen molar-refractivity contribution in [3.8, 4) is 27.4 Å². The fourth-order valence-electron chi connectivity index (χ4n) is 7.77. The molecule has 0 atom stereocenters. The Labute approximate surface area is 309 Å². The first-order valence-corrected chi connectivity index (χ1v) is 19.1. The highest BCUT2D eigenvalue weighted by Gasteiger charge is 2.21. The third-order valence-corrected chi connectivity index (χ3v) is 12.5. The summed E-state index contributed by atoms with van der Waals surface area (Å²) in [6, 6.07) is 54.5. The van der Waals surface area contributed by atoms with E-state index in [0.29, 0.717) is 0 Å². The van der Waals surface area contributed by atoms with Crippen LogP contribution in [-0.2, 0) is 0 Å². The molecule has 0 N–H and O–H groups in total. The molecular formula is C48H32N2S2. The summed E-state index contributed by atoms with van der Waals surface area (Å²) < 4.78 is 6.33. The number of thiophene rings is 1. The van der Waals surface area contributed by atoms with E-state index in [-0.39, 0.29) is 0 Å². The van der Waals surface area contributed by atoms with Crippen LogP contribution in [0.4, 0.5) is 0 Å². The first-order valence-electron chi connectivity index (χ1n) is 17.5. The largest absolute Gasteiger partial charge is 0.313 e. The first-order chi connectivity index (χ1) is 25.7. The summed E-state index contributed by atoms with van der Waals surface area (Å²) in [6.45, 7) is 6.47. The van der Waals surface area contributed by atoms with E-state index in [1.54, 1.807) is 11.3 Å². The van der Waals surface area contributed by atoms with Crippen LogP contribution in [-0.4, -0.2) is 9.55 Å². The lowest BCUT2D eigenvalue weighted by Crippen LogP contribution is -1.97. The fourth-order valence-corrected chi connectivity index (χ4v) is 10.1. The van der Waals surface area contributed by atoms with Gasteiger partial charge in [0.05, 0.1) is 15.7 Å². The van der Waals surface area contributed by atoms with E-state index in [0.717, 1.165) is 32.9 Å². The lowest BCUT2D eigenvalue weighted by molar-refractivity contribution is 1.05. The molecule has 0 saturated heterocycles. The molecule has 52 heavy (non-hydrogen) atoms. The van der Waals surface area contributed by atoms with Gasteiger partial charge in [-0.2, -0.15) is 0 Å². The van der Waals surface area contributed by atoms with Gasteiger partial charge in [-0.1, -0.05) is 116 Å². The van der Waals surface area contributed by atoms with Gasteiger partial charge in [-0.25, -0.2) is 4.98 Å². The van der Waals surface area contributed by atoms with Gasteiger partial charge in [0.1, 0.15) is 5.01 Å². The Morgan fingerprint density at radius 3 is 2.10 bits per heavy atom. The Hall–Kier alpha value is -6.07. The number of fused-ring (bicyclic) bond motifs is 8. The summed E-state index contributed by atoms with van der Waals surface area (Å²) in [5, 5.41) is 7.35. The zero-order valence-corrected chi connectivity index (χ0v) is 30.1. The molecule has 0 bridgehead atoms. The van der Waals surface area contributed by atoms with E-state index in [9.17, 15) is 0 Å². The van der Waals surface area contributed by atoms with Crippen molar-refractivity contribution in [2.24, 2.45) is 0 Å². The quantitative estimate of drug-likeness (QED) is 0.158. The van der Waals surface area contributed by atoms with Gasteiger partial charge in [-0.05, 0) is 89.2 Å². The summed E-state index contributed by atoms with van der Waals surface area (Å²) >= 11 is 3.65. The lowest BCUT2D eigenvalue weighted by atomic mass is 9.94. The highest BCUT2D eigenvalue weighted by atomic mass is 32.1. The maximum Gasteiger partial charge on any atom is 0.124 e. The maximum absolute atomic E-state index is 5.14. The molecule has 3 heterocycles. The molecular weight excluding hydrogens is 669 g/mol. The Morgan fingerprint density at radius 2 is 1.33 bits per heavy atom. The minimum Gasteiger partial charge on any atom is -0.313 e. The van der Waals surface area contributed by atoms with Crippen molar-refractivity contribution in [1.29, 1.82) is 0 Å². The van der Waals surface area contributed by atoms with Crippen LogP contribution in [0.25, 0.3) is 91.1 Å². The molecule has 0 aliphatic rings. The molecule has 0 spiro atoms. The second-order valence-electron chi connectivity index (χ2n) is 13.2. The first kappa shape index (κ1) is 30.7. The fraction of sp³-hybridized carbons (Fsp3) is 0.0208. The third-order valence-electron chi connectivity index (χ3n) is 10.2. The number of benzene rings is 7. The Balaban J connectivity index is 1.18. The van der Waals surface area contributed by atoms with Gasteiger partial charge in [-0.15, -0.1) is 22.7 Å². The van der Waals surface area contributed by atoms with Gasteiger partial charge < -0.3 is 4.57 Å². The molecule has 3 aromatic heterocycles. The molecule has 0 aliphatic carbocycles. The summed E-state index contributed by atoms with van der Waals surface area (Å²) in [6.07, 6.45) is 4.28. The van der Waals surface area contributed by atoms with Crippen LogP contribution in [0.3, 0.4) is 0 Å². The van der Waals surface area contributed by atoms with Crippen LogP contribution in [0.5, 0.6) is 0 Å². The number of nitrogens with zero attached hydrogens (tertiary/aromatic N) is 2. The molecule has 0 unspecified atom stereocenters. The van der Waals surface area contributed by atoms with Crippen molar-refractivity contribution in [2.45, 2.75) is 6.92 Å². The van der Waals surface area contributed by atoms with Crippen LogP contribution < -0.4 is 0 Å². The average molecular weight is 701 g/mol. The highest BCUT2D eigenvalue weighted by Crippen LogP contribution is 2.44. The number of thiazole rings is 1. The van der Waals surface area contributed by atoms with Crippen LogP contribution in [0.15, 0.2) is 164 Å². The molecule has 0 saturated carbocycles. The minimum atomic E-state index is 1.04. The standard InChI is InChI=1S/C48H32N2S2/c1-3-31(32-14-6-4-7-15-32)28-39-30(2)50(46-37-19-11-10-18-36(37)40(29-41(39)46)33-16-8-5-9-17-33)35-24-22-34(23-25-35)48-49-42-26-27-44-45(47(42)52-48)38-20-12-13-21-43(38)51-44/h3-29H,1H2,2H3/b31-28+. The van der Waals surface area contributed by atoms with Gasteiger partial charge in [0, 0.05) is 53.5 Å². The SMILES string of the molecule is C=C/C(=C\c1c(C)n(-c2ccc(-c3nc4ccc5sc6ccccc6c5c4s3)cc2)c2c1cc(-c1ccccc1)c1ccccc12)c1ccccc1. The molecule has 10 aromatic rings. The van der Waals surface area contributed by atoms with Crippen LogP contribution in [0.1, 0.15) is 16.8 Å². The second kappa shape index (κ2) is 12.3. The second-order valence-corrected chi connectivity index (χ2v) is 15.3. The molecule has 4 heteroatoms. The highest BCUT2D eigenvalue weighted by molar-refractivity contribution is 7.28.